The van der Waals surface area contributed by atoms with Crippen LogP contribution in [-0.2, 0) is 6.42 Å². The molecular formula is C17H15F2NO. The fraction of sp³-hybridized carbons (Fsp3) is 0.235. The lowest BCUT2D eigenvalue weighted by atomic mass is 9.87. The highest BCUT2D eigenvalue weighted by molar-refractivity contribution is 5.94. The third-order valence-corrected chi connectivity index (χ3v) is 3.85. The van der Waals surface area contributed by atoms with Crippen molar-refractivity contribution in [1.29, 1.82) is 0 Å². The van der Waals surface area contributed by atoms with Crippen molar-refractivity contribution in [3.63, 3.8) is 0 Å². The number of carbonyl (C=O) groups excluding carboxylic acids is 1. The van der Waals surface area contributed by atoms with Gasteiger partial charge in [0.1, 0.15) is 11.6 Å². The van der Waals surface area contributed by atoms with Crippen LogP contribution in [0.5, 0.6) is 0 Å². The number of hydrogen-bond donors (Lipinski definition) is 1. The highest BCUT2D eigenvalue weighted by atomic mass is 19.1. The van der Waals surface area contributed by atoms with Crippen molar-refractivity contribution in [2.45, 2.75) is 25.3 Å². The summed E-state index contributed by atoms with van der Waals surface area (Å²) >= 11 is 0. The average Bonchev–Trinajstić information content (AvgIpc) is 2.47. The van der Waals surface area contributed by atoms with E-state index in [9.17, 15) is 13.6 Å². The quantitative estimate of drug-likeness (QED) is 0.895. The second kappa shape index (κ2) is 5.64. The van der Waals surface area contributed by atoms with Crippen LogP contribution in [0.1, 0.15) is 40.4 Å². The molecule has 2 aromatic rings. The lowest BCUT2D eigenvalue weighted by Gasteiger charge is -2.26. The summed E-state index contributed by atoms with van der Waals surface area (Å²) in [5, 5.41) is 2.85. The number of benzene rings is 2. The molecule has 21 heavy (non-hydrogen) atoms. The maximum atomic E-state index is 13.7. The predicted molar refractivity (Wildman–Crippen MR) is 75.9 cm³/mol. The molecule has 0 saturated heterocycles. The van der Waals surface area contributed by atoms with Crippen LogP contribution >= 0.6 is 0 Å². The van der Waals surface area contributed by atoms with Crippen molar-refractivity contribution in [2.24, 2.45) is 0 Å². The molecule has 3 rings (SSSR count). The normalized spacial score (nSPS) is 17.1. The van der Waals surface area contributed by atoms with Gasteiger partial charge in [0.05, 0.1) is 11.6 Å². The fourth-order valence-electron chi connectivity index (χ4n) is 2.81. The first-order valence-corrected chi connectivity index (χ1v) is 6.99. The number of hydrogen-bond acceptors (Lipinski definition) is 1. The van der Waals surface area contributed by atoms with Gasteiger partial charge in [-0.15, -0.1) is 0 Å². The van der Waals surface area contributed by atoms with Gasteiger partial charge >= 0.3 is 0 Å². The largest absolute Gasteiger partial charge is 0.345 e. The number of nitrogens with one attached hydrogen (secondary N) is 1. The van der Waals surface area contributed by atoms with Gasteiger partial charge in [-0.25, -0.2) is 8.78 Å². The molecule has 2 nitrogen and oxygen atoms in total. The SMILES string of the molecule is O=C(N[C@H]1CCCc2ccccc21)c1ccc(F)cc1F. The smallest absolute Gasteiger partial charge is 0.254 e. The van der Waals surface area contributed by atoms with Gasteiger partial charge < -0.3 is 5.32 Å². The zero-order valence-electron chi connectivity index (χ0n) is 11.4. The van der Waals surface area contributed by atoms with E-state index in [2.05, 4.69) is 5.32 Å². The molecule has 0 aromatic heterocycles. The molecule has 1 aliphatic carbocycles. The van der Waals surface area contributed by atoms with E-state index in [4.69, 9.17) is 0 Å². The van der Waals surface area contributed by atoms with Crippen LogP contribution in [0.25, 0.3) is 0 Å². The summed E-state index contributed by atoms with van der Waals surface area (Å²) in [5.41, 5.74) is 2.17. The van der Waals surface area contributed by atoms with Crippen LogP contribution in [0.15, 0.2) is 42.5 Å². The Kier molecular flexibility index (Phi) is 3.69. The Morgan fingerprint density at radius 3 is 2.76 bits per heavy atom. The topological polar surface area (TPSA) is 29.1 Å². The van der Waals surface area contributed by atoms with E-state index in [0.29, 0.717) is 0 Å². The number of amides is 1. The monoisotopic (exact) mass is 287 g/mol. The summed E-state index contributed by atoms with van der Waals surface area (Å²) < 4.78 is 26.5. The van der Waals surface area contributed by atoms with Gasteiger partial charge in [-0.2, -0.15) is 0 Å². The van der Waals surface area contributed by atoms with Crippen molar-refractivity contribution in [3.05, 3.63) is 70.8 Å². The van der Waals surface area contributed by atoms with Crippen molar-refractivity contribution in [3.8, 4) is 0 Å². The van der Waals surface area contributed by atoms with Gasteiger partial charge in [-0.05, 0) is 42.5 Å². The molecule has 1 aliphatic rings. The van der Waals surface area contributed by atoms with Crippen LogP contribution in [0, 0.1) is 11.6 Å². The van der Waals surface area contributed by atoms with Gasteiger partial charge in [-0.1, -0.05) is 24.3 Å². The van der Waals surface area contributed by atoms with E-state index in [1.807, 2.05) is 24.3 Å². The molecule has 0 saturated carbocycles. The Bertz CT molecular complexity index is 684. The van der Waals surface area contributed by atoms with Crippen LogP contribution in [0.3, 0.4) is 0 Å². The van der Waals surface area contributed by atoms with Crippen LogP contribution in [-0.4, -0.2) is 5.91 Å². The maximum absolute atomic E-state index is 13.7. The highest BCUT2D eigenvalue weighted by Gasteiger charge is 2.23. The van der Waals surface area contributed by atoms with Gasteiger partial charge in [0.2, 0.25) is 0 Å². The van der Waals surface area contributed by atoms with E-state index >= 15 is 0 Å². The molecule has 0 fully saturated rings. The van der Waals surface area contributed by atoms with Crippen molar-refractivity contribution in [2.75, 3.05) is 0 Å². The van der Waals surface area contributed by atoms with Gasteiger partial charge in [0.25, 0.3) is 5.91 Å². The molecule has 0 heterocycles. The molecule has 1 amide bonds. The summed E-state index contributed by atoms with van der Waals surface area (Å²) in [6.07, 6.45) is 2.80. The van der Waals surface area contributed by atoms with E-state index in [1.165, 1.54) is 11.6 Å². The second-order valence-electron chi connectivity index (χ2n) is 5.24. The summed E-state index contributed by atoms with van der Waals surface area (Å²) in [6, 6.07) is 10.8. The molecule has 0 bridgehead atoms. The Labute approximate surface area is 121 Å². The number of rotatable bonds is 2. The minimum Gasteiger partial charge on any atom is -0.345 e. The third-order valence-electron chi connectivity index (χ3n) is 3.85. The molecule has 0 spiro atoms. The second-order valence-corrected chi connectivity index (χ2v) is 5.24. The molecule has 108 valence electrons. The maximum Gasteiger partial charge on any atom is 0.254 e. The Morgan fingerprint density at radius 2 is 1.95 bits per heavy atom. The zero-order chi connectivity index (χ0) is 14.8. The van der Waals surface area contributed by atoms with Crippen molar-refractivity contribution < 1.29 is 13.6 Å². The number of fused-ring (bicyclic) bond motifs is 1. The fourth-order valence-corrected chi connectivity index (χ4v) is 2.81. The molecular weight excluding hydrogens is 272 g/mol. The molecule has 1 N–H and O–H groups in total. The van der Waals surface area contributed by atoms with E-state index in [-0.39, 0.29) is 11.6 Å². The predicted octanol–water partition coefficient (Wildman–Crippen LogP) is 3.77. The van der Waals surface area contributed by atoms with E-state index < -0.39 is 17.5 Å². The Balaban J connectivity index is 1.83. The standard InChI is InChI=1S/C17H15F2NO/c18-12-8-9-14(15(19)10-12)17(21)20-16-7-3-5-11-4-1-2-6-13(11)16/h1-2,4,6,8-10,16H,3,5,7H2,(H,20,21)/t16-/m0/s1. The first-order chi connectivity index (χ1) is 10.1. The molecule has 4 heteroatoms. The number of halogens is 2. The lowest BCUT2D eigenvalue weighted by molar-refractivity contribution is 0.0928. The average molecular weight is 287 g/mol. The number of aryl methyl sites for hydroxylation is 1. The first-order valence-electron chi connectivity index (χ1n) is 6.99. The summed E-state index contributed by atoms with van der Waals surface area (Å²) in [6.45, 7) is 0. The van der Waals surface area contributed by atoms with Crippen LogP contribution in [0.4, 0.5) is 8.78 Å². The van der Waals surface area contributed by atoms with Crippen LogP contribution in [0.2, 0.25) is 0 Å². The first kappa shape index (κ1) is 13.7. The van der Waals surface area contributed by atoms with Crippen molar-refractivity contribution >= 4 is 5.91 Å². The summed E-state index contributed by atoms with van der Waals surface area (Å²) in [5.74, 6) is -2.03. The van der Waals surface area contributed by atoms with E-state index in [0.717, 1.165) is 37.0 Å². The van der Waals surface area contributed by atoms with Gasteiger partial charge in [0, 0.05) is 6.07 Å². The molecule has 2 aromatic carbocycles. The molecule has 0 aliphatic heterocycles. The number of carbonyl (C=O) groups is 1. The molecule has 0 unspecified atom stereocenters. The van der Waals surface area contributed by atoms with Gasteiger partial charge in [0.15, 0.2) is 0 Å². The summed E-state index contributed by atoms with van der Waals surface area (Å²) in [4.78, 5) is 12.2. The third kappa shape index (κ3) is 2.79. The minimum absolute atomic E-state index is 0.119. The molecule has 1 atom stereocenters. The van der Waals surface area contributed by atoms with Crippen molar-refractivity contribution in [1.82, 2.24) is 5.32 Å². The van der Waals surface area contributed by atoms with Gasteiger partial charge in [-0.3, -0.25) is 4.79 Å². The Morgan fingerprint density at radius 1 is 1.14 bits per heavy atom. The highest BCUT2D eigenvalue weighted by Crippen LogP contribution is 2.29. The Hall–Kier alpha value is -2.23. The minimum atomic E-state index is -0.836. The lowest BCUT2D eigenvalue weighted by Crippen LogP contribution is -2.31. The zero-order valence-corrected chi connectivity index (χ0v) is 11.4. The van der Waals surface area contributed by atoms with E-state index in [1.54, 1.807) is 0 Å². The molecule has 0 radical (unpaired) electrons. The van der Waals surface area contributed by atoms with Crippen LogP contribution < -0.4 is 5.32 Å². The summed E-state index contributed by atoms with van der Waals surface area (Å²) in [7, 11) is 0.